The number of methoxy groups -OCH3 is 1. The normalized spacial score (nSPS) is 10.9. The predicted octanol–water partition coefficient (Wildman–Crippen LogP) is 3.70. The number of carbonyl (C=O) groups is 1. The summed E-state index contributed by atoms with van der Waals surface area (Å²) >= 11 is 7.17. The molecule has 0 atom stereocenters. The lowest BCUT2D eigenvalue weighted by Crippen LogP contribution is -2.29. The number of halogens is 1. The Kier molecular flexibility index (Phi) is 7.13. The summed E-state index contributed by atoms with van der Waals surface area (Å²) in [6.45, 7) is 1.22. The molecule has 3 aromatic rings. The van der Waals surface area contributed by atoms with Gasteiger partial charge in [0.05, 0.1) is 33.4 Å². The van der Waals surface area contributed by atoms with Crippen molar-refractivity contribution >= 4 is 34.6 Å². The molecule has 0 amide bonds. The van der Waals surface area contributed by atoms with Gasteiger partial charge in [0.1, 0.15) is 5.84 Å². The number of ether oxygens (including phenoxy) is 1. The highest BCUT2D eigenvalue weighted by Crippen LogP contribution is 2.23. The largest absolute Gasteiger partial charge is 0.383 e. The van der Waals surface area contributed by atoms with E-state index in [2.05, 4.69) is 10.3 Å². The molecule has 29 heavy (non-hydrogen) atoms. The number of ketones is 1. The van der Waals surface area contributed by atoms with Gasteiger partial charge in [0.25, 0.3) is 0 Å². The Balaban J connectivity index is 1.60. The molecule has 2 heterocycles. The first-order valence-electron chi connectivity index (χ1n) is 9.07. The molecular formula is C20H22ClN5O2S. The van der Waals surface area contributed by atoms with Crippen LogP contribution in [0, 0.1) is 5.41 Å². The van der Waals surface area contributed by atoms with Crippen molar-refractivity contribution < 1.29 is 9.53 Å². The van der Waals surface area contributed by atoms with Crippen molar-refractivity contribution in [3.63, 3.8) is 0 Å². The van der Waals surface area contributed by atoms with Crippen LogP contribution in [0.3, 0.4) is 0 Å². The number of aryl methyl sites for hydroxylation is 1. The smallest absolute Gasteiger partial charge is 0.173 e. The van der Waals surface area contributed by atoms with Crippen LogP contribution in [0.15, 0.2) is 42.6 Å². The van der Waals surface area contributed by atoms with E-state index in [0.29, 0.717) is 41.0 Å². The number of Topliss-reactive ketones (excluding diaryl/α,β-unsaturated/α-hetero) is 1. The average molecular weight is 432 g/mol. The third kappa shape index (κ3) is 5.50. The van der Waals surface area contributed by atoms with E-state index in [1.165, 1.54) is 11.3 Å². The highest BCUT2D eigenvalue weighted by atomic mass is 35.5. The lowest BCUT2D eigenvalue weighted by molar-refractivity contribution is 0.0986. The maximum Gasteiger partial charge on any atom is 0.173 e. The van der Waals surface area contributed by atoms with Crippen molar-refractivity contribution in [3.05, 3.63) is 63.1 Å². The van der Waals surface area contributed by atoms with Gasteiger partial charge in [-0.25, -0.2) is 4.68 Å². The summed E-state index contributed by atoms with van der Waals surface area (Å²) in [5, 5.41) is 16.6. The Morgan fingerprint density at radius 3 is 2.69 bits per heavy atom. The van der Waals surface area contributed by atoms with Gasteiger partial charge >= 0.3 is 0 Å². The fourth-order valence-electron chi connectivity index (χ4n) is 2.70. The topological polar surface area (TPSA) is 84.1 Å². The number of nitrogens with zero attached hydrogens (tertiary/aromatic N) is 4. The minimum Gasteiger partial charge on any atom is -0.383 e. The molecule has 152 valence electrons. The van der Waals surface area contributed by atoms with Gasteiger partial charge in [-0.05, 0) is 36.4 Å². The van der Waals surface area contributed by atoms with Gasteiger partial charge in [-0.1, -0.05) is 16.8 Å². The molecule has 0 saturated carbocycles. The second kappa shape index (κ2) is 9.78. The van der Waals surface area contributed by atoms with Crippen LogP contribution in [-0.2, 0) is 11.2 Å². The third-order valence-corrected chi connectivity index (χ3v) is 5.69. The van der Waals surface area contributed by atoms with Crippen LogP contribution in [0.25, 0.3) is 5.69 Å². The van der Waals surface area contributed by atoms with Gasteiger partial charge < -0.3 is 9.64 Å². The van der Waals surface area contributed by atoms with Crippen LogP contribution >= 0.6 is 22.9 Å². The lowest BCUT2D eigenvalue weighted by Gasteiger charge is -2.19. The first-order chi connectivity index (χ1) is 14.0. The Bertz CT molecular complexity index is 983. The summed E-state index contributed by atoms with van der Waals surface area (Å²) in [7, 11) is 3.51. The third-order valence-electron chi connectivity index (χ3n) is 4.41. The van der Waals surface area contributed by atoms with E-state index in [4.69, 9.17) is 21.7 Å². The van der Waals surface area contributed by atoms with Gasteiger partial charge in [0.15, 0.2) is 5.78 Å². The summed E-state index contributed by atoms with van der Waals surface area (Å²) in [5.74, 6) is 0.483. The number of hydrogen-bond acceptors (Lipinski definition) is 6. The molecule has 0 bridgehead atoms. The minimum absolute atomic E-state index is 0.0527. The lowest BCUT2D eigenvalue weighted by atomic mass is 10.1. The number of amidine groups is 1. The molecule has 2 aromatic heterocycles. The van der Waals surface area contributed by atoms with Crippen molar-refractivity contribution in [2.75, 3.05) is 27.3 Å². The number of carbonyl (C=O) groups excluding carboxylic acids is 1. The van der Waals surface area contributed by atoms with E-state index in [0.717, 1.165) is 16.9 Å². The van der Waals surface area contributed by atoms with Crippen LogP contribution in [0.2, 0.25) is 4.34 Å². The Hall–Kier alpha value is -2.55. The molecule has 0 unspecified atom stereocenters. The zero-order valence-corrected chi connectivity index (χ0v) is 17.8. The van der Waals surface area contributed by atoms with Gasteiger partial charge in [-0.2, -0.15) is 0 Å². The number of benzene rings is 1. The maximum absolute atomic E-state index is 12.2. The summed E-state index contributed by atoms with van der Waals surface area (Å²) in [6, 6.07) is 11.0. The SMILES string of the molecule is COCCN(C)C(=N)c1ccc(-n2cc(CCC(=O)c3ccc(Cl)s3)nn2)cc1. The molecule has 1 N–H and O–H groups in total. The molecule has 0 aliphatic carbocycles. The first-order valence-corrected chi connectivity index (χ1v) is 10.3. The molecular weight excluding hydrogens is 410 g/mol. The average Bonchev–Trinajstić information content (AvgIpc) is 3.39. The summed E-state index contributed by atoms with van der Waals surface area (Å²) in [4.78, 5) is 14.7. The first kappa shape index (κ1) is 21.2. The molecule has 0 spiro atoms. The standard InChI is InChI=1S/C20H22ClN5O2S/c1-25(11-12-28-2)20(22)14-3-6-16(7-4-14)26-13-15(23-24-26)5-8-17(27)18-9-10-19(21)29-18/h3-4,6-7,9-10,13,22H,5,8,11-12H2,1-2H3. The van der Waals surface area contributed by atoms with Gasteiger partial charge in [-0.3, -0.25) is 10.2 Å². The van der Waals surface area contributed by atoms with E-state index in [1.54, 1.807) is 23.9 Å². The van der Waals surface area contributed by atoms with Gasteiger partial charge in [0.2, 0.25) is 0 Å². The highest BCUT2D eigenvalue weighted by molar-refractivity contribution is 7.18. The molecule has 3 rings (SSSR count). The number of thiophene rings is 1. The second-order valence-electron chi connectivity index (χ2n) is 6.49. The molecule has 7 nitrogen and oxygen atoms in total. The minimum atomic E-state index is 0.0527. The monoisotopic (exact) mass is 431 g/mol. The second-order valence-corrected chi connectivity index (χ2v) is 8.21. The fraction of sp³-hybridized carbons (Fsp3) is 0.300. The van der Waals surface area contributed by atoms with Gasteiger partial charge in [-0.15, -0.1) is 16.4 Å². The summed E-state index contributed by atoms with van der Waals surface area (Å²) in [6.07, 6.45) is 2.69. The molecule has 0 aliphatic rings. The molecule has 0 aliphatic heterocycles. The fourth-order valence-corrected chi connectivity index (χ4v) is 3.71. The Morgan fingerprint density at radius 2 is 2.03 bits per heavy atom. The van der Waals surface area contributed by atoms with Crippen LogP contribution in [0.1, 0.15) is 27.3 Å². The molecule has 0 fully saturated rings. The van der Waals surface area contributed by atoms with Crippen LogP contribution in [-0.4, -0.2) is 58.8 Å². The number of hydrogen-bond donors (Lipinski definition) is 1. The molecule has 1 aromatic carbocycles. The Labute approximate surface area is 178 Å². The van der Waals surface area contributed by atoms with Crippen molar-refractivity contribution in [1.82, 2.24) is 19.9 Å². The summed E-state index contributed by atoms with van der Waals surface area (Å²) in [5.41, 5.74) is 2.40. The zero-order chi connectivity index (χ0) is 20.8. The van der Waals surface area contributed by atoms with Crippen molar-refractivity contribution in [2.24, 2.45) is 0 Å². The van der Waals surface area contributed by atoms with Crippen molar-refractivity contribution in [1.29, 1.82) is 5.41 Å². The van der Waals surface area contributed by atoms with E-state index >= 15 is 0 Å². The van der Waals surface area contributed by atoms with E-state index in [-0.39, 0.29) is 5.78 Å². The maximum atomic E-state index is 12.2. The quantitative estimate of drug-likeness (QED) is 0.317. The van der Waals surface area contributed by atoms with E-state index < -0.39 is 0 Å². The Morgan fingerprint density at radius 1 is 1.28 bits per heavy atom. The predicted molar refractivity (Wildman–Crippen MR) is 115 cm³/mol. The van der Waals surface area contributed by atoms with Crippen LogP contribution < -0.4 is 0 Å². The molecule has 0 saturated heterocycles. The van der Waals surface area contributed by atoms with E-state index in [1.807, 2.05) is 42.4 Å². The van der Waals surface area contributed by atoms with Crippen LogP contribution in [0.5, 0.6) is 0 Å². The molecule has 9 heteroatoms. The zero-order valence-electron chi connectivity index (χ0n) is 16.3. The van der Waals surface area contributed by atoms with Crippen molar-refractivity contribution in [2.45, 2.75) is 12.8 Å². The number of aromatic nitrogens is 3. The summed E-state index contributed by atoms with van der Waals surface area (Å²) < 4.78 is 7.34. The number of rotatable bonds is 9. The van der Waals surface area contributed by atoms with E-state index in [9.17, 15) is 4.79 Å². The molecule has 0 radical (unpaired) electrons. The number of nitrogens with one attached hydrogen (secondary N) is 1. The van der Waals surface area contributed by atoms with Gasteiger partial charge in [0, 0.05) is 39.1 Å². The van der Waals surface area contributed by atoms with Crippen molar-refractivity contribution in [3.8, 4) is 5.69 Å². The number of likely N-dealkylation sites (N-methyl/N-ethyl adjacent to an activating group) is 1. The van der Waals surface area contributed by atoms with Crippen LogP contribution in [0.4, 0.5) is 0 Å². The highest BCUT2D eigenvalue weighted by Gasteiger charge is 2.12.